The van der Waals surface area contributed by atoms with Crippen molar-refractivity contribution in [3.8, 4) is 5.75 Å². The Balaban J connectivity index is 0.00000132. The maximum atomic E-state index is 5.62. The highest BCUT2D eigenvalue weighted by Crippen LogP contribution is 2.30. The van der Waals surface area contributed by atoms with Crippen LogP contribution in [0.15, 0.2) is 34.9 Å². The third-order valence-electron chi connectivity index (χ3n) is 3.86. The molecular weight excluding hydrogens is 337 g/mol. The summed E-state index contributed by atoms with van der Waals surface area (Å²) in [5, 5.41) is 3.46. The first kappa shape index (κ1) is 19.8. The first-order valence-electron chi connectivity index (χ1n) is 7.27. The lowest BCUT2D eigenvalue weighted by Gasteiger charge is -2.36. The second kappa shape index (κ2) is 9.13. The van der Waals surface area contributed by atoms with E-state index in [2.05, 4.69) is 27.3 Å². The SMILES string of the molecule is COc1ccccc1C1CNCCN1Cc1ncc(C)o1.Cl.Cl. The highest BCUT2D eigenvalue weighted by Gasteiger charge is 2.27. The highest BCUT2D eigenvalue weighted by molar-refractivity contribution is 5.85. The van der Waals surface area contributed by atoms with Crippen LogP contribution in [0.1, 0.15) is 23.3 Å². The van der Waals surface area contributed by atoms with Crippen molar-refractivity contribution in [2.75, 3.05) is 26.7 Å². The zero-order valence-electron chi connectivity index (χ0n) is 13.3. The van der Waals surface area contributed by atoms with E-state index in [1.165, 1.54) is 5.56 Å². The number of oxazole rings is 1. The molecule has 1 aliphatic heterocycles. The second-order valence-corrected chi connectivity index (χ2v) is 5.30. The van der Waals surface area contributed by atoms with E-state index in [-0.39, 0.29) is 30.9 Å². The number of ether oxygens (including phenoxy) is 1. The summed E-state index contributed by atoms with van der Waals surface area (Å²) in [6.07, 6.45) is 1.77. The van der Waals surface area contributed by atoms with Crippen LogP contribution in [0, 0.1) is 6.92 Å². The van der Waals surface area contributed by atoms with E-state index in [1.54, 1.807) is 13.3 Å². The molecule has 0 saturated carbocycles. The predicted molar refractivity (Wildman–Crippen MR) is 94.8 cm³/mol. The Morgan fingerprint density at radius 2 is 2.13 bits per heavy atom. The van der Waals surface area contributed by atoms with Gasteiger partial charge >= 0.3 is 0 Å². The van der Waals surface area contributed by atoms with Crippen molar-refractivity contribution in [3.05, 3.63) is 47.7 Å². The molecule has 1 aromatic carbocycles. The molecule has 1 N–H and O–H groups in total. The van der Waals surface area contributed by atoms with Crippen molar-refractivity contribution in [1.29, 1.82) is 0 Å². The molecule has 0 radical (unpaired) electrons. The van der Waals surface area contributed by atoms with Crippen molar-refractivity contribution < 1.29 is 9.15 Å². The van der Waals surface area contributed by atoms with Crippen LogP contribution in [0.4, 0.5) is 0 Å². The van der Waals surface area contributed by atoms with E-state index in [1.807, 2.05) is 19.1 Å². The molecule has 1 saturated heterocycles. The fraction of sp³-hybridized carbons (Fsp3) is 0.438. The lowest BCUT2D eigenvalue weighted by molar-refractivity contribution is 0.137. The highest BCUT2D eigenvalue weighted by atomic mass is 35.5. The molecule has 1 unspecified atom stereocenters. The average molecular weight is 360 g/mol. The predicted octanol–water partition coefficient (Wildman–Crippen LogP) is 2.98. The monoisotopic (exact) mass is 359 g/mol. The van der Waals surface area contributed by atoms with Crippen LogP contribution in [0.3, 0.4) is 0 Å². The van der Waals surface area contributed by atoms with Crippen LogP contribution < -0.4 is 10.1 Å². The van der Waals surface area contributed by atoms with Crippen LogP contribution in [0.25, 0.3) is 0 Å². The number of rotatable bonds is 4. The maximum Gasteiger partial charge on any atom is 0.208 e. The number of halogens is 2. The molecule has 5 nitrogen and oxygen atoms in total. The van der Waals surface area contributed by atoms with E-state index in [0.717, 1.165) is 43.6 Å². The Morgan fingerprint density at radius 3 is 2.83 bits per heavy atom. The molecular formula is C16H23Cl2N3O2. The molecule has 7 heteroatoms. The number of piperazine rings is 1. The molecule has 0 spiro atoms. The molecule has 1 atom stereocenters. The van der Waals surface area contributed by atoms with E-state index in [4.69, 9.17) is 9.15 Å². The van der Waals surface area contributed by atoms with E-state index in [9.17, 15) is 0 Å². The normalized spacial score (nSPS) is 17.9. The smallest absolute Gasteiger partial charge is 0.208 e. The average Bonchev–Trinajstić information content (AvgIpc) is 2.93. The van der Waals surface area contributed by atoms with Gasteiger partial charge in [0.15, 0.2) is 0 Å². The molecule has 0 aliphatic carbocycles. The topological polar surface area (TPSA) is 50.5 Å². The zero-order chi connectivity index (χ0) is 14.7. The minimum atomic E-state index is 0. The van der Waals surface area contributed by atoms with Crippen LogP contribution in [0.2, 0.25) is 0 Å². The van der Waals surface area contributed by atoms with Gasteiger partial charge in [0.1, 0.15) is 11.5 Å². The number of para-hydroxylation sites is 1. The van der Waals surface area contributed by atoms with E-state index < -0.39 is 0 Å². The summed E-state index contributed by atoms with van der Waals surface area (Å²) in [5.41, 5.74) is 1.20. The van der Waals surface area contributed by atoms with E-state index >= 15 is 0 Å². The molecule has 23 heavy (non-hydrogen) atoms. The Bertz CT molecular complexity index is 607. The first-order valence-corrected chi connectivity index (χ1v) is 7.27. The molecule has 3 rings (SSSR count). The third-order valence-corrected chi connectivity index (χ3v) is 3.86. The number of hydrogen-bond donors (Lipinski definition) is 1. The summed E-state index contributed by atoms with van der Waals surface area (Å²) in [5.74, 6) is 2.56. The second-order valence-electron chi connectivity index (χ2n) is 5.30. The molecule has 0 amide bonds. The van der Waals surface area contributed by atoms with Gasteiger partial charge in [0.2, 0.25) is 5.89 Å². The van der Waals surface area contributed by atoms with Gasteiger partial charge in [-0.2, -0.15) is 0 Å². The number of methoxy groups -OCH3 is 1. The quantitative estimate of drug-likeness (QED) is 0.909. The molecule has 1 aromatic heterocycles. The lowest BCUT2D eigenvalue weighted by atomic mass is 10.0. The third kappa shape index (κ3) is 4.61. The summed E-state index contributed by atoms with van der Waals surface area (Å²) in [6, 6.07) is 8.46. The number of aromatic nitrogens is 1. The van der Waals surface area contributed by atoms with Crippen LogP contribution >= 0.6 is 24.8 Å². The van der Waals surface area contributed by atoms with Crippen LogP contribution in [0.5, 0.6) is 5.75 Å². The minimum absolute atomic E-state index is 0. The van der Waals surface area contributed by atoms with Gasteiger partial charge in [-0.15, -0.1) is 24.8 Å². The Morgan fingerprint density at radius 1 is 1.35 bits per heavy atom. The fourth-order valence-electron chi connectivity index (χ4n) is 2.83. The van der Waals surface area contributed by atoms with Crippen LogP contribution in [-0.2, 0) is 6.54 Å². The fourth-order valence-corrected chi connectivity index (χ4v) is 2.83. The van der Waals surface area contributed by atoms with Gasteiger partial charge in [-0.1, -0.05) is 18.2 Å². The van der Waals surface area contributed by atoms with Gasteiger partial charge < -0.3 is 14.5 Å². The standard InChI is InChI=1S/C16H21N3O2.2ClH/c1-12-9-18-16(21-12)11-19-8-7-17-10-14(19)13-5-3-4-6-15(13)20-2;;/h3-6,9,14,17H,7-8,10-11H2,1-2H3;2*1H. The molecule has 2 aromatic rings. The van der Waals surface area contributed by atoms with Crippen molar-refractivity contribution >= 4 is 24.8 Å². The van der Waals surface area contributed by atoms with Gasteiger partial charge in [-0.25, -0.2) is 4.98 Å². The number of benzene rings is 1. The largest absolute Gasteiger partial charge is 0.496 e. The molecule has 0 bridgehead atoms. The molecule has 128 valence electrons. The van der Waals surface area contributed by atoms with Gasteiger partial charge in [0, 0.05) is 25.2 Å². The summed E-state index contributed by atoms with van der Waals surface area (Å²) in [7, 11) is 1.72. The van der Waals surface area contributed by atoms with Crippen molar-refractivity contribution in [2.24, 2.45) is 0 Å². The Kier molecular flexibility index (Phi) is 7.85. The molecule has 1 fully saturated rings. The van der Waals surface area contributed by atoms with Gasteiger partial charge in [0.25, 0.3) is 0 Å². The lowest BCUT2D eigenvalue weighted by Crippen LogP contribution is -2.45. The number of aryl methyl sites for hydroxylation is 1. The van der Waals surface area contributed by atoms with Crippen LogP contribution in [-0.4, -0.2) is 36.6 Å². The maximum absolute atomic E-state index is 5.62. The number of nitrogens with zero attached hydrogens (tertiary/aromatic N) is 2. The van der Waals surface area contributed by atoms with E-state index in [0.29, 0.717) is 0 Å². The summed E-state index contributed by atoms with van der Waals surface area (Å²) in [4.78, 5) is 6.71. The number of hydrogen-bond acceptors (Lipinski definition) is 5. The van der Waals surface area contributed by atoms with Crippen molar-refractivity contribution in [3.63, 3.8) is 0 Å². The first-order chi connectivity index (χ1) is 10.3. The molecule has 2 heterocycles. The van der Waals surface area contributed by atoms with Gasteiger partial charge in [-0.05, 0) is 13.0 Å². The number of nitrogens with one attached hydrogen (secondary N) is 1. The van der Waals surface area contributed by atoms with Crippen molar-refractivity contribution in [2.45, 2.75) is 19.5 Å². The Labute approximate surface area is 149 Å². The summed E-state index contributed by atoms with van der Waals surface area (Å²) < 4.78 is 11.1. The Hall–Kier alpha value is -1.27. The summed E-state index contributed by atoms with van der Waals surface area (Å²) in [6.45, 7) is 5.49. The molecule has 1 aliphatic rings. The van der Waals surface area contributed by atoms with Gasteiger partial charge in [-0.3, -0.25) is 4.90 Å². The minimum Gasteiger partial charge on any atom is -0.496 e. The van der Waals surface area contributed by atoms with Crippen molar-refractivity contribution in [1.82, 2.24) is 15.2 Å². The summed E-state index contributed by atoms with van der Waals surface area (Å²) >= 11 is 0. The van der Waals surface area contributed by atoms with Gasteiger partial charge in [0.05, 0.1) is 25.9 Å². The zero-order valence-corrected chi connectivity index (χ0v) is 15.0.